The maximum atomic E-state index is 11.0. The van der Waals surface area contributed by atoms with Crippen LogP contribution in [-0.4, -0.2) is 88.3 Å². The first-order valence-electron chi connectivity index (χ1n) is 43.1. The van der Waals surface area contributed by atoms with Gasteiger partial charge in [0.15, 0.2) is 0 Å². The molecule has 0 aromatic heterocycles. The minimum atomic E-state index is -0.720. The molecular weight excluding hydrogens is 1500 g/mol. The standard InChI is InChI=1S/C16H14O2.C15H12O2.C9H10O2.C9H18O2.C9H12O.C8H10.C7H18Si.C6H12O2.C5H8O2.C5H12.C5H10.C3H6O.C3H8.2C2H6/c1-11(17)18-10-16-14-8-4-2-6-12(14)13-7-3-5-9-15(13)16;16-10-17-9-15-13-7-3-1-5-11(13)12-6-2-4-8-14(12)15;1-8(10)11-7-9-5-3-2-4-6-9;1-8(2)6-4-5-7-11-9(3)10;1-2-8-3-5-9(7-10)6-4-8;1-2-8-6-4-3-5-7-8;1-7(2)6-8(3,4)5;1-5(2)4-8-6(3)7;1-3-4-7-5(2)6;1-4-5(2)3;1-3-5-4-2;1-3(2)4;1-3-2;2*1-2/h2-9,16H,10H2,1H3;1-8,10,15H,9H2;2-6H,7H2,1H3;8H,4-7H2,1-3H3;3-6,10H,2,7H2,1H3;3-7H,2H2,1H3;7H,6H2,1-5H3;5H,4H2,1-3H3;3H,1,4H2,2H3;5H,4H2,1-3H3;3H,1,4-5H2,2H3;1-2H3;3H2,1-2H3;2*1-2H3. The fourth-order valence-electron chi connectivity index (χ4n) is 10.3. The van der Waals surface area contributed by atoms with Crippen molar-refractivity contribution in [2.45, 2.75) is 282 Å². The fraction of sp³-hybridized carbons (Fsp3) is 0.490. The van der Waals surface area contributed by atoms with Crippen LogP contribution in [0.3, 0.4) is 0 Å². The second-order valence-electron chi connectivity index (χ2n) is 30.3. The van der Waals surface area contributed by atoms with Crippen LogP contribution >= 0.6 is 0 Å². The average molecular weight is 1660 g/mol. The highest BCUT2D eigenvalue weighted by Gasteiger charge is 2.30. The van der Waals surface area contributed by atoms with Gasteiger partial charge in [0, 0.05) is 54.5 Å². The average Bonchev–Trinajstić information content (AvgIpc) is 1.62. The van der Waals surface area contributed by atoms with Crippen molar-refractivity contribution in [3.8, 4) is 22.3 Å². The van der Waals surface area contributed by atoms with Crippen molar-refractivity contribution < 1.29 is 67.1 Å². The molecule has 0 unspecified atom stereocenters. The molecule has 119 heavy (non-hydrogen) atoms. The lowest BCUT2D eigenvalue weighted by Crippen LogP contribution is -2.21. The van der Waals surface area contributed by atoms with E-state index in [1.54, 1.807) is 0 Å². The molecule has 7 aromatic rings. The van der Waals surface area contributed by atoms with Crippen LogP contribution in [0.5, 0.6) is 0 Å². The number of benzene rings is 7. The first kappa shape index (κ1) is 121. The van der Waals surface area contributed by atoms with Crippen LogP contribution in [-0.2, 0) is 88.0 Å². The zero-order valence-corrected chi connectivity index (χ0v) is 80.2. The number of rotatable bonds is 24. The number of aliphatic hydroxyl groups is 1. The van der Waals surface area contributed by atoms with Crippen LogP contribution < -0.4 is 0 Å². The predicted molar refractivity (Wildman–Crippen MR) is 507 cm³/mol. The van der Waals surface area contributed by atoms with Crippen LogP contribution in [0.15, 0.2) is 207 Å². The van der Waals surface area contributed by atoms with Crippen molar-refractivity contribution >= 4 is 50.2 Å². The fourth-order valence-corrected chi connectivity index (χ4v) is 12.8. The highest BCUT2D eigenvalue weighted by Crippen LogP contribution is 2.45. The third-order valence-corrected chi connectivity index (χ3v) is 17.7. The molecule has 0 spiro atoms. The molecule has 0 saturated carbocycles. The number of aliphatic hydroxyl groups excluding tert-OH is 1. The Balaban J connectivity index is -0.000000297. The van der Waals surface area contributed by atoms with Crippen LogP contribution in [0.25, 0.3) is 22.3 Å². The molecule has 2 aliphatic carbocycles. The molecule has 2 aliphatic rings. The molecule has 1 N–H and O–H groups in total. The number of carbonyl (C=O) groups is 7. The number of hydrogen-bond donors (Lipinski definition) is 1. The zero-order valence-electron chi connectivity index (χ0n) is 79.2. The Hall–Kier alpha value is -9.31. The monoisotopic (exact) mass is 1660 g/mol. The van der Waals surface area contributed by atoms with E-state index in [4.69, 9.17) is 24.1 Å². The molecule has 0 saturated heterocycles. The Morgan fingerprint density at radius 2 is 0.765 bits per heavy atom. The molecule has 666 valence electrons. The molecule has 0 atom stereocenters. The predicted octanol–water partition coefficient (Wildman–Crippen LogP) is 27.5. The summed E-state index contributed by atoms with van der Waals surface area (Å²) in [6.07, 6.45) is 14.0. The van der Waals surface area contributed by atoms with E-state index < -0.39 is 8.07 Å². The van der Waals surface area contributed by atoms with E-state index >= 15 is 0 Å². The summed E-state index contributed by atoms with van der Waals surface area (Å²) in [6.45, 7) is 66.0. The summed E-state index contributed by atoms with van der Waals surface area (Å²) >= 11 is 0. The number of ether oxygens (including phenoxy) is 6. The van der Waals surface area contributed by atoms with Gasteiger partial charge in [0.2, 0.25) is 0 Å². The van der Waals surface area contributed by atoms with E-state index in [-0.39, 0.29) is 54.1 Å². The van der Waals surface area contributed by atoms with Crippen molar-refractivity contribution in [3.05, 3.63) is 252 Å². The summed E-state index contributed by atoms with van der Waals surface area (Å²) < 4.78 is 28.8. The van der Waals surface area contributed by atoms with Gasteiger partial charge in [-0.05, 0) is 136 Å². The van der Waals surface area contributed by atoms with E-state index in [0.717, 1.165) is 61.0 Å². The van der Waals surface area contributed by atoms with Gasteiger partial charge in [-0.15, -0.1) is 6.58 Å². The van der Waals surface area contributed by atoms with Gasteiger partial charge >= 0.3 is 29.8 Å². The van der Waals surface area contributed by atoms with Crippen molar-refractivity contribution in [1.82, 2.24) is 0 Å². The van der Waals surface area contributed by atoms with Gasteiger partial charge in [0.25, 0.3) is 6.47 Å². The second-order valence-corrected chi connectivity index (χ2v) is 35.8. The summed E-state index contributed by atoms with van der Waals surface area (Å²) in [6, 6.07) is 62.8. The number of fused-ring (bicyclic) bond motifs is 6. The van der Waals surface area contributed by atoms with Gasteiger partial charge in [-0.2, -0.15) is 0 Å². The molecule has 0 aliphatic heterocycles. The van der Waals surface area contributed by atoms with E-state index in [1.807, 2.05) is 157 Å². The molecule has 7 aromatic carbocycles. The highest BCUT2D eigenvalue weighted by molar-refractivity contribution is 6.76. The number of aryl methyl sites for hydroxylation is 2. The van der Waals surface area contributed by atoms with Gasteiger partial charge in [-0.25, -0.2) is 0 Å². The van der Waals surface area contributed by atoms with E-state index in [1.165, 1.54) is 142 Å². The highest BCUT2D eigenvalue weighted by atomic mass is 28.3. The SMILES string of the molecule is C=CCCC.C=CCOC(C)=O.CC.CC.CC(=O)OCC(C)C.CC(=O)OCC1c2ccccc2-c2ccccc21.CC(=O)OCCCCC(C)C.CC(=O)OCc1ccccc1.CC(C)=O.CC(C)C[Si](C)(C)C.CCC.CCC(C)C.CCc1ccc(CO)cc1.CCc1ccccc1.O=COCC1c2ccccc2-c2ccccc21. The number of allylic oxidation sites excluding steroid dienone is 1. The van der Waals surface area contributed by atoms with Crippen molar-refractivity contribution in [1.29, 1.82) is 0 Å². The Kier molecular flexibility index (Phi) is 82.1. The number of esters is 5. The molecule has 14 nitrogen and oxygen atoms in total. The molecule has 0 fully saturated rings. The largest absolute Gasteiger partial charge is 0.467 e. The molecule has 0 heterocycles. The minimum absolute atomic E-state index is 0.143. The first-order chi connectivity index (χ1) is 56.5. The van der Waals surface area contributed by atoms with Crippen molar-refractivity contribution in [2.24, 2.45) is 23.7 Å². The lowest BCUT2D eigenvalue weighted by Gasteiger charge is -2.17. The molecule has 0 bridgehead atoms. The summed E-state index contributed by atoms with van der Waals surface area (Å²) in [7, 11) is -0.720. The Bertz CT molecular complexity index is 3510. The Labute approximate surface area is 725 Å². The number of hydrogen-bond acceptors (Lipinski definition) is 14. The zero-order chi connectivity index (χ0) is 92.0. The van der Waals surface area contributed by atoms with Gasteiger partial charge in [-0.3, -0.25) is 28.8 Å². The third kappa shape index (κ3) is 72.4. The third-order valence-electron chi connectivity index (χ3n) is 15.7. The topological polar surface area (TPSA) is 195 Å². The van der Waals surface area contributed by atoms with Gasteiger partial charge in [-0.1, -0.05) is 377 Å². The van der Waals surface area contributed by atoms with Gasteiger partial charge in [0.05, 0.1) is 19.8 Å². The van der Waals surface area contributed by atoms with Crippen LogP contribution in [0.4, 0.5) is 0 Å². The smallest absolute Gasteiger partial charge is 0.302 e. The minimum Gasteiger partial charge on any atom is -0.467 e. The lowest BCUT2D eigenvalue weighted by atomic mass is 9.98. The number of Topliss-reactive ketones (excluding diaryl/α,β-unsaturated/α-hetero) is 1. The Morgan fingerprint density at radius 3 is 1.02 bits per heavy atom. The number of carbonyl (C=O) groups excluding carboxylic acids is 7. The van der Waals surface area contributed by atoms with E-state index in [9.17, 15) is 33.6 Å². The number of unbranched alkanes of at least 4 members (excludes halogenated alkanes) is 2. The first-order valence-corrected chi connectivity index (χ1v) is 46.8. The summed E-state index contributed by atoms with van der Waals surface area (Å²) in [5.41, 5.74) is 14.7. The van der Waals surface area contributed by atoms with E-state index in [2.05, 4.69) is 198 Å². The normalized spacial score (nSPS) is 10.2. The quantitative estimate of drug-likeness (QED) is 0.0150. The molecular formula is C104H162O14Si. The molecule has 9 rings (SSSR count). The summed E-state index contributed by atoms with van der Waals surface area (Å²) in [5.74, 6) is 2.40. The van der Waals surface area contributed by atoms with Crippen molar-refractivity contribution in [3.63, 3.8) is 0 Å². The summed E-state index contributed by atoms with van der Waals surface area (Å²) in [4.78, 5) is 71.6. The summed E-state index contributed by atoms with van der Waals surface area (Å²) in [5, 5.41) is 8.70. The van der Waals surface area contributed by atoms with Crippen LogP contribution in [0, 0.1) is 23.7 Å². The van der Waals surface area contributed by atoms with E-state index in [0.29, 0.717) is 52.0 Å². The molecule has 0 amide bonds. The Morgan fingerprint density at radius 1 is 0.420 bits per heavy atom. The van der Waals surface area contributed by atoms with Crippen LogP contribution in [0.1, 0.15) is 274 Å². The second kappa shape index (κ2) is 81.1. The van der Waals surface area contributed by atoms with Crippen LogP contribution in [0.2, 0.25) is 25.7 Å². The maximum Gasteiger partial charge on any atom is 0.302 e. The van der Waals surface area contributed by atoms with Gasteiger partial charge in [0.1, 0.15) is 32.2 Å². The number of ketones is 1. The van der Waals surface area contributed by atoms with Crippen molar-refractivity contribution in [2.75, 3.05) is 33.0 Å². The maximum absolute atomic E-state index is 11.0. The van der Waals surface area contributed by atoms with Gasteiger partial charge < -0.3 is 38.3 Å². The molecule has 15 heteroatoms. The lowest BCUT2D eigenvalue weighted by molar-refractivity contribution is -0.143. The molecule has 0 radical (unpaired) electrons.